The molecule has 3 rings (SSSR count). The largest absolute Gasteiger partial charge is 0.300 e. The lowest BCUT2D eigenvalue weighted by Crippen LogP contribution is -2.19. The molecule has 3 nitrogen and oxygen atoms in total. The Bertz CT molecular complexity index is 788. The second-order valence-corrected chi connectivity index (χ2v) is 6.28. The lowest BCUT2D eigenvalue weighted by molar-refractivity contribution is -0.115. The van der Waals surface area contributed by atoms with Gasteiger partial charge in [-0.05, 0) is 41.6 Å². The maximum Gasteiger partial charge on any atom is 0.264 e. The summed E-state index contributed by atoms with van der Waals surface area (Å²) in [5, 5.41) is 4.16. The summed E-state index contributed by atoms with van der Waals surface area (Å²) in [7, 11) is 0. The van der Waals surface area contributed by atoms with E-state index < -0.39 is 0 Å². The topological polar surface area (TPSA) is 41.5 Å². The number of thioether (sulfide) groups is 1. The van der Waals surface area contributed by atoms with E-state index in [1.807, 2.05) is 30.3 Å². The van der Waals surface area contributed by atoms with E-state index in [1.54, 1.807) is 24.3 Å². The molecule has 6 heteroatoms. The number of amidine groups is 1. The van der Waals surface area contributed by atoms with Gasteiger partial charge in [0.15, 0.2) is 5.17 Å². The van der Waals surface area contributed by atoms with Crippen LogP contribution in [0.15, 0.2) is 58.4 Å². The first kappa shape index (κ1) is 15.2. The van der Waals surface area contributed by atoms with E-state index in [2.05, 4.69) is 10.3 Å². The number of rotatable bonds is 2. The Morgan fingerprint density at radius 1 is 1.05 bits per heavy atom. The van der Waals surface area contributed by atoms with Crippen LogP contribution in [0.5, 0.6) is 0 Å². The molecule has 0 saturated carbocycles. The summed E-state index contributed by atoms with van der Waals surface area (Å²) in [5.41, 5.74) is 1.49. The van der Waals surface area contributed by atoms with E-state index in [0.29, 0.717) is 25.7 Å². The van der Waals surface area contributed by atoms with Crippen molar-refractivity contribution in [2.75, 3.05) is 0 Å². The molecule has 0 bridgehead atoms. The SMILES string of the molecule is O=C1NC(=Nc2ccccc2)S/C1=C\c1cccc(Cl)c1Cl. The fourth-order valence-electron chi connectivity index (χ4n) is 1.87. The Hall–Kier alpha value is -1.75. The van der Waals surface area contributed by atoms with Gasteiger partial charge in [0.05, 0.1) is 20.6 Å². The second kappa shape index (κ2) is 6.57. The molecule has 0 atom stereocenters. The van der Waals surface area contributed by atoms with Crippen molar-refractivity contribution in [2.45, 2.75) is 0 Å². The van der Waals surface area contributed by atoms with Crippen molar-refractivity contribution in [3.8, 4) is 0 Å². The summed E-state index contributed by atoms with van der Waals surface area (Å²) >= 11 is 13.4. The minimum Gasteiger partial charge on any atom is -0.300 e. The molecule has 2 aromatic carbocycles. The summed E-state index contributed by atoms with van der Waals surface area (Å²) in [6.07, 6.45) is 1.71. The number of hydrogen-bond acceptors (Lipinski definition) is 3. The number of nitrogens with one attached hydrogen (secondary N) is 1. The second-order valence-electron chi connectivity index (χ2n) is 4.46. The molecular formula is C16H10Cl2N2OS. The normalized spacial score (nSPS) is 18.0. The fraction of sp³-hybridized carbons (Fsp3) is 0. The molecule has 0 radical (unpaired) electrons. The van der Waals surface area contributed by atoms with Crippen molar-refractivity contribution in [2.24, 2.45) is 4.99 Å². The summed E-state index contributed by atoms with van der Waals surface area (Å²) in [6, 6.07) is 14.7. The van der Waals surface area contributed by atoms with E-state index in [-0.39, 0.29) is 5.91 Å². The van der Waals surface area contributed by atoms with Crippen LogP contribution in [0.4, 0.5) is 5.69 Å². The maximum absolute atomic E-state index is 12.0. The molecule has 2 aromatic rings. The van der Waals surface area contributed by atoms with E-state index in [4.69, 9.17) is 23.2 Å². The highest BCUT2D eigenvalue weighted by molar-refractivity contribution is 8.18. The first-order valence-corrected chi connectivity index (χ1v) is 7.99. The molecule has 0 spiro atoms. The van der Waals surface area contributed by atoms with E-state index >= 15 is 0 Å². The molecule has 1 aliphatic heterocycles. The molecule has 0 aliphatic carbocycles. The highest BCUT2D eigenvalue weighted by atomic mass is 35.5. The molecule has 1 aliphatic rings. The van der Waals surface area contributed by atoms with Crippen LogP contribution in [0.3, 0.4) is 0 Å². The summed E-state index contributed by atoms with van der Waals surface area (Å²) < 4.78 is 0. The van der Waals surface area contributed by atoms with Crippen LogP contribution >= 0.6 is 35.0 Å². The molecule has 1 fully saturated rings. The van der Waals surface area contributed by atoms with Crippen LogP contribution in [0, 0.1) is 0 Å². The molecule has 0 unspecified atom stereocenters. The molecule has 1 N–H and O–H groups in total. The summed E-state index contributed by atoms with van der Waals surface area (Å²) in [4.78, 5) is 16.9. The van der Waals surface area contributed by atoms with Gasteiger partial charge in [-0.25, -0.2) is 4.99 Å². The van der Waals surface area contributed by atoms with Gasteiger partial charge < -0.3 is 5.32 Å². The van der Waals surface area contributed by atoms with Gasteiger partial charge in [0.25, 0.3) is 5.91 Å². The molecular weight excluding hydrogens is 339 g/mol. The van der Waals surface area contributed by atoms with Crippen molar-refractivity contribution in [3.63, 3.8) is 0 Å². The lowest BCUT2D eigenvalue weighted by atomic mass is 10.2. The standard InChI is InChI=1S/C16H10Cl2N2OS/c17-12-8-4-5-10(14(12)18)9-13-15(21)20-16(22-13)19-11-6-2-1-3-7-11/h1-9H,(H,19,20,21)/b13-9-. The van der Waals surface area contributed by atoms with E-state index in [0.717, 1.165) is 5.69 Å². The maximum atomic E-state index is 12.0. The average molecular weight is 349 g/mol. The number of halogens is 2. The van der Waals surface area contributed by atoms with Gasteiger partial charge in [-0.2, -0.15) is 0 Å². The van der Waals surface area contributed by atoms with Gasteiger partial charge in [-0.3, -0.25) is 4.79 Å². The minimum absolute atomic E-state index is 0.198. The van der Waals surface area contributed by atoms with Crippen molar-refractivity contribution < 1.29 is 4.79 Å². The quantitative estimate of drug-likeness (QED) is 0.785. The third-order valence-electron chi connectivity index (χ3n) is 2.91. The zero-order valence-electron chi connectivity index (χ0n) is 11.2. The highest BCUT2D eigenvalue weighted by Crippen LogP contribution is 2.32. The molecule has 1 heterocycles. The third kappa shape index (κ3) is 3.35. The zero-order chi connectivity index (χ0) is 15.5. The molecule has 1 saturated heterocycles. The Morgan fingerprint density at radius 2 is 1.82 bits per heavy atom. The van der Waals surface area contributed by atoms with Crippen molar-refractivity contribution in [1.82, 2.24) is 5.32 Å². The van der Waals surface area contributed by atoms with Gasteiger partial charge in [-0.15, -0.1) is 0 Å². The van der Waals surface area contributed by atoms with Gasteiger partial charge in [0.1, 0.15) is 0 Å². The Labute approximate surface area is 142 Å². The van der Waals surface area contributed by atoms with Crippen LogP contribution in [-0.2, 0) is 4.79 Å². The van der Waals surface area contributed by atoms with Crippen LogP contribution in [0.2, 0.25) is 10.0 Å². The minimum atomic E-state index is -0.198. The fourth-order valence-corrected chi connectivity index (χ4v) is 3.07. The highest BCUT2D eigenvalue weighted by Gasteiger charge is 2.24. The Balaban J connectivity index is 1.88. The molecule has 1 amide bonds. The van der Waals surface area contributed by atoms with Crippen LogP contribution < -0.4 is 5.32 Å². The van der Waals surface area contributed by atoms with E-state index in [1.165, 1.54) is 11.8 Å². The van der Waals surface area contributed by atoms with Crippen molar-refractivity contribution in [1.29, 1.82) is 0 Å². The first-order valence-electron chi connectivity index (χ1n) is 6.42. The van der Waals surface area contributed by atoms with E-state index in [9.17, 15) is 4.79 Å². The number of para-hydroxylation sites is 1. The number of amides is 1. The molecule has 22 heavy (non-hydrogen) atoms. The molecule has 110 valence electrons. The summed E-state index contributed by atoms with van der Waals surface area (Å²) in [5.74, 6) is -0.198. The third-order valence-corrected chi connectivity index (χ3v) is 4.65. The molecule has 0 aromatic heterocycles. The van der Waals surface area contributed by atoms with Gasteiger partial charge in [0, 0.05) is 0 Å². The van der Waals surface area contributed by atoms with Crippen LogP contribution in [-0.4, -0.2) is 11.1 Å². The Kier molecular flexibility index (Phi) is 4.52. The number of nitrogens with zero attached hydrogens (tertiary/aromatic N) is 1. The van der Waals surface area contributed by atoms with Crippen molar-refractivity contribution >= 4 is 57.8 Å². The number of carbonyl (C=O) groups is 1. The predicted molar refractivity (Wildman–Crippen MR) is 93.7 cm³/mol. The first-order chi connectivity index (χ1) is 10.6. The zero-order valence-corrected chi connectivity index (χ0v) is 13.5. The van der Waals surface area contributed by atoms with Crippen LogP contribution in [0.1, 0.15) is 5.56 Å². The Morgan fingerprint density at radius 3 is 2.59 bits per heavy atom. The summed E-state index contributed by atoms with van der Waals surface area (Å²) in [6.45, 7) is 0. The smallest absolute Gasteiger partial charge is 0.264 e. The number of hydrogen-bond donors (Lipinski definition) is 1. The van der Waals surface area contributed by atoms with Gasteiger partial charge >= 0.3 is 0 Å². The lowest BCUT2D eigenvalue weighted by Gasteiger charge is -2.00. The number of benzene rings is 2. The number of aliphatic imine (C=N–C) groups is 1. The van der Waals surface area contributed by atoms with Gasteiger partial charge in [-0.1, -0.05) is 53.5 Å². The van der Waals surface area contributed by atoms with Crippen molar-refractivity contribution in [3.05, 3.63) is 69.0 Å². The average Bonchev–Trinajstić information content (AvgIpc) is 2.85. The van der Waals surface area contributed by atoms with Crippen LogP contribution in [0.25, 0.3) is 6.08 Å². The number of carbonyl (C=O) groups excluding carboxylic acids is 1. The predicted octanol–water partition coefficient (Wildman–Crippen LogP) is 4.89. The van der Waals surface area contributed by atoms with Gasteiger partial charge in [0.2, 0.25) is 0 Å². The monoisotopic (exact) mass is 348 g/mol.